The molecule has 5 N–H and O–H groups in total. The molecule has 4 rings (SSSR count). The van der Waals surface area contributed by atoms with Crippen LogP contribution in [0.15, 0.2) is 42.7 Å². The molecule has 0 bridgehead atoms. The summed E-state index contributed by atoms with van der Waals surface area (Å²) < 4.78 is 29.5. The number of nitrogens with zero attached hydrogens (tertiary/aromatic N) is 4. The van der Waals surface area contributed by atoms with Crippen LogP contribution < -0.4 is 16.8 Å². The first-order chi connectivity index (χ1) is 13.8. The van der Waals surface area contributed by atoms with Crippen molar-refractivity contribution in [2.75, 3.05) is 16.8 Å². The molecule has 1 atom stereocenters. The molecule has 2 heterocycles. The normalized spacial score (nSPS) is 12.3. The number of nitrogens with two attached hydrogens (primary N) is 2. The quantitative estimate of drug-likeness (QED) is 0.463. The number of halogens is 3. The molecule has 0 aliphatic carbocycles. The van der Waals surface area contributed by atoms with E-state index in [2.05, 4.69) is 20.3 Å². The van der Waals surface area contributed by atoms with Crippen molar-refractivity contribution in [2.24, 2.45) is 0 Å². The van der Waals surface area contributed by atoms with Crippen LogP contribution in [0.4, 0.5) is 26.1 Å². The Labute approximate surface area is 169 Å². The Balaban J connectivity index is 1.88. The molecule has 2 aromatic carbocycles. The third kappa shape index (κ3) is 3.52. The fourth-order valence-corrected chi connectivity index (χ4v) is 3.26. The van der Waals surface area contributed by atoms with E-state index in [9.17, 15) is 8.78 Å². The number of nitrogens with one attached hydrogen (secondary N) is 1. The van der Waals surface area contributed by atoms with Gasteiger partial charge in [-0.1, -0.05) is 11.6 Å². The smallest absolute Gasteiger partial charge is 0.155 e. The Hall–Kier alpha value is -3.46. The van der Waals surface area contributed by atoms with Crippen LogP contribution in [0.3, 0.4) is 0 Å². The maximum Gasteiger partial charge on any atom is 0.155 e. The summed E-state index contributed by atoms with van der Waals surface area (Å²) in [6.07, 6.45) is 1.28. The zero-order valence-corrected chi connectivity index (χ0v) is 16.0. The van der Waals surface area contributed by atoms with Crippen LogP contribution in [0.2, 0.25) is 5.02 Å². The SMILES string of the molecule is C[C@H](Nc1ncnc(N)c1N)c1nc2ccc(Cl)cc2n1-c1cc(F)cc(F)c1. The van der Waals surface area contributed by atoms with Crippen LogP contribution in [-0.4, -0.2) is 19.5 Å². The molecule has 148 valence electrons. The number of fused-ring (bicyclic) bond motifs is 1. The van der Waals surface area contributed by atoms with E-state index in [1.54, 1.807) is 22.8 Å². The molecular formula is C19H16ClF2N7. The van der Waals surface area contributed by atoms with Crippen molar-refractivity contribution in [3.8, 4) is 5.69 Å². The molecule has 0 fully saturated rings. The number of aromatic nitrogens is 4. The van der Waals surface area contributed by atoms with Crippen molar-refractivity contribution >= 4 is 40.0 Å². The zero-order valence-electron chi connectivity index (χ0n) is 15.2. The predicted molar refractivity (Wildman–Crippen MR) is 109 cm³/mol. The first-order valence-electron chi connectivity index (χ1n) is 8.60. The average molecular weight is 416 g/mol. The van der Waals surface area contributed by atoms with Crippen molar-refractivity contribution < 1.29 is 8.78 Å². The van der Waals surface area contributed by atoms with Gasteiger partial charge in [0.05, 0.1) is 22.8 Å². The van der Waals surface area contributed by atoms with Gasteiger partial charge in [0, 0.05) is 11.1 Å². The summed E-state index contributed by atoms with van der Waals surface area (Å²) in [7, 11) is 0. The second-order valence-corrected chi connectivity index (χ2v) is 6.89. The standard InChI is InChI=1S/C19H16ClF2N7/c1-9(27-18-16(23)17(24)25-8-26-18)19-28-14-3-2-10(20)4-15(14)29(19)13-6-11(21)5-12(22)7-13/h2-9H,23H2,1H3,(H3,24,25,26,27)/t9-/m0/s1. The minimum atomic E-state index is -0.705. The molecule has 0 unspecified atom stereocenters. The van der Waals surface area contributed by atoms with Gasteiger partial charge in [0.2, 0.25) is 0 Å². The fourth-order valence-electron chi connectivity index (χ4n) is 3.09. The van der Waals surface area contributed by atoms with Crippen LogP contribution in [0.5, 0.6) is 0 Å². The van der Waals surface area contributed by atoms with Crippen LogP contribution in [0.25, 0.3) is 16.7 Å². The van der Waals surface area contributed by atoms with Gasteiger partial charge in [-0.25, -0.2) is 23.7 Å². The summed E-state index contributed by atoms with van der Waals surface area (Å²) in [4.78, 5) is 12.5. The first kappa shape index (κ1) is 18.9. The van der Waals surface area contributed by atoms with Crippen LogP contribution in [0, 0.1) is 11.6 Å². The summed E-state index contributed by atoms with van der Waals surface area (Å²) in [6, 6.07) is 7.90. The highest BCUT2D eigenvalue weighted by atomic mass is 35.5. The van der Waals surface area contributed by atoms with Gasteiger partial charge in [0.15, 0.2) is 11.6 Å². The summed E-state index contributed by atoms with van der Waals surface area (Å²) in [5.41, 5.74) is 13.3. The highest BCUT2D eigenvalue weighted by molar-refractivity contribution is 6.31. The Bertz CT molecular complexity index is 1200. The molecular weight excluding hydrogens is 400 g/mol. The Morgan fingerprint density at radius 1 is 1.07 bits per heavy atom. The third-order valence-electron chi connectivity index (χ3n) is 4.40. The molecule has 2 aromatic heterocycles. The number of anilines is 3. The average Bonchev–Trinajstić information content (AvgIpc) is 3.03. The summed E-state index contributed by atoms with van der Waals surface area (Å²) in [5, 5.41) is 3.59. The summed E-state index contributed by atoms with van der Waals surface area (Å²) in [5.74, 6) is -0.468. The maximum atomic E-state index is 13.9. The van der Waals surface area contributed by atoms with Crippen molar-refractivity contribution in [3.05, 3.63) is 65.2 Å². The minimum Gasteiger partial charge on any atom is -0.393 e. The molecule has 0 spiro atoms. The van der Waals surface area contributed by atoms with E-state index in [0.29, 0.717) is 27.7 Å². The first-order valence-corrected chi connectivity index (χ1v) is 8.98. The van der Waals surface area contributed by atoms with Gasteiger partial charge in [0.25, 0.3) is 0 Å². The van der Waals surface area contributed by atoms with Gasteiger partial charge in [0.1, 0.15) is 29.5 Å². The maximum absolute atomic E-state index is 13.9. The topological polar surface area (TPSA) is 108 Å². The lowest BCUT2D eigenvalue weighted by atomic mass is 10.2. The number of imidazole rings is 1. The fraction of sp³-hybridized carbons (Fsp3) is 0.105. The highest BCUT2D eigenvalue weighted by Crippen LogP contribution is 2.31. The van der Waals surface area contributed by atoms with Gasteiger partial charge in [-0.2, -0.15) is 0 Å². The molecule has 0 saturated carbocycles. The third-order valence-corrected chi connectivity index (χ3v) is 4.64. The molecule has 29 heavy (non-hydrogen) atoms. The van der Waals surface area contributed by atoms with E-state index in [1.165, 1.54) is 18.5 Å². The highest BCUT2D eigenvalue weighted by Gasteiger charge is 2.20. The minimum absolute atomic E-state index is 0.141. The second-order valence-electron chi connectivity index (χ2n) is 6.45. The van der Waals surface area contributed by atoms with E-state index in [4.69, 9.17) is 23.1 Å². The van der Waals surface area contributed by atoms with Crippen molar-refractivity contribution in [2.45, 2.75) is 13.0 Å². The number of benzene rings is 2. The van der Waals surface area contributed by atoms with Crippen molar-refractivity contribution in [1.29, 1.82) is 0 Å². The zero-order chi connectivity index (χ0) is 20.7. The molecule has 0 saturated heterocycles. The largest absolute Gasteiger partial charge is 0.393 e. The summed E-state index contributed by atoms with van der Waals surface area (Å²) >= 11 is 6.15. The number of hydrogen-bond donors (Lipinski definition) is 3. The molecule has 7 nitrogen and oxygen atoms in total. The molecule has 0 radical (unpaired) electrons. The Morgan fingerprint density at radius 2 is 1.79 bits per heavy atom. The molecule has 0 aliphatic heterocycles. The molecule has 0 amide bonds. The second kappa shape index (κ2) is 7.17. The molecule has 10 heteroatoms. The lowest BCUT2D eigenvalue weighted by molar-refractivity contribution is 0.581. The van der Waals surface area contributed by atoms with E-state index in [0.717, 1.165) is 6.07 Å². The van der Waals surface area contributed by atoms with Gasteiger partial charge in [-0.3, -0.25) is 4.57 Å². The predicted octanol–water partition coefficient (Wildman–Crippen LogP) is 4.08. The van der Waals surface area contributed by atoms with E-state index >= 15 is 0 Å². The monoisotopic (exact) mass is 415 g/mol. The number of hydrogen-bond acceptors (Lipinski definition) is 6. The van der Waals surface area contributed by atoms with Gasteiger partial charge in [-0.05, 0) is 37.3 Å². The van der Waals surface area contributed by atoms with E-state index in [-0.39, 0.29) is 17.2 Å². The lowest BCUT2D eigenvalue weighted by Crippen LogP contribution is -2.16. The Morgan fingerprint density at radius 3 is 2.52 bits per heavy atom. The van der Waals surface area contributed by atoms with Gasteiger partial charge in [-0.15, -0.1) is 0 Å². The summed E-state index contributed by atoms with van der Waals surface area (Å²) in [6.45, 7) is 1.81. The lowest BCUT2D eigenvalue weighted by Gasteiger charge is -2.18. The van der Waals surface area contributed by atoms with Crippen LogP contribution >= 0.6 is 11.6 Å². The van der Waals surface area contributed by atoms with Crippen LogP contribution in [-0.2, 0) is 0 Å². The van der Waals surface area contributed by atoms with Crippen molar-refractivity contribution in [3.63, 3.8) is 0 Å². The number of rotatable bonds is 4. The van der Waals surface area contributed by atoms with Gasteiger partial charge < -0.3 is 16.8 Å². The van der Waals surface area contributed by atoms with E-state index < -0.39 is 17.7 Å². The Kier molecular flexibility index (Phi) is 4.67. The number of nitrogen functional groups attached to an aromatic ring is 2. The van der Waals surface area contributed by atoms with Crippen molar-refractivity contribution in [1.82, 2.24) is 19.5 Å². The van der Waals surface area contributed by atoms with E-state index in [1.807, 2.05) is 6.92 Å². The molecule has 0 aliphatic rings. The molecule has 4 aromatic rings. The van der Waals surface area contributed by atoms with Gasteiger partial charge >= 0.3 is 0 Å². The van der Waals surface area contributed by atoms with Crippen LogP contribution in [0.1, 0.15) is 18.8 Å².